The lowest BCUT2D eigenvalue weighted by atomic mass is 10.3. The molecule has 2 rings (SSSR count). The molecule has 76 valence electrons. The summed E-state index contributed by atoms with van der Waals surface area (Å²) in [7, 11) is 0. The van der Waals surface area contributed by atoms with Gasteiger partial charge in [-0.3, -0.25) is 4.79 Å². The van der Waals surface area contributed by atoms with E-state index in [4.69, 9.17) is 15.2 Å². The largest absolute Gasteiger partial charge is 0.383 e. The molecule has 2 heterocycles. The highest BCUT2D eigenvalue weighted by atomic mass is 16.6. The summed E-state index contributed by atoms with van der Waals surface area (Å²) in [4.78, 5) is 17.6. The van der Waals surface area contributed by atoms with Gasteiger partial charge in [-0.25, -0.2) is 4.98 Å². The topological polar surface area (TPSA) is 90.2 Å². The van der Waals surface area contributed by atoms with Crippen molar-refractivity contribution in [2.75, 3.05) is 25.6 Å². The Balaban J connectivity index is 2.26. The van der Waals surface area contributed by atoms with E-state index in [9.17, 15) is 4.79 Å². The Morgan fingerprint density at radius 2 is 2.43 bits per heavy atom. The van der Waals surface area contributed by atoms with Gasteiger partial charge in [-0.2, -0.15) is 0 Å². The molecule has 0 spiro atoms. The normalized spacial score (nSPS) is 22.1. The average molecular weight is 197 g/mol. The molecule has 0 amide bonds. The van der Waals surface area contributed by atoms with Crippen LogP contribution in [0.5, 0.6) is 0 Å². The number of nitrogens with zero attached hydrogens (tertiary/aromatic N) is 1. The summed E-state index contributed by atoms with van der Waals surface area (Å²) in [5.74, 6) is 0.618. The first-order chi connectivity index (χ1) is 6.75. The number of hydrogen-bond acceptors (Lipinski definition) is 5. The van der Waals surface area contributed by atoms with Gasteiger partial charge in [0, 0.05) is 6.07 Å². The standard InChI is InChI=1S/C8H11N3O3/c9-6-3-7(12)11-8(10-6)5-4-13-1-2-14-5/h3,5H,1-2,4H2,(H3,9,10,11,12). The zero-order chi connectivity index (χ0) is 9.97. The van der Waals surface area contributed by atoms with Crippen LogP contribution >= 0.6 is 0 Å². The molecule has 0 aliphatic carbocycles. The van der Waals surface area contributed by atoms with Gasteiger partial charge in [0.05, 0.1) is 19.8 Å². The Labute approximate surface area is 80.1 Å². The van der Waals surface area contributed by atoms with E-state index >= 15 is 0 Å². The summed E-state index contributed by atoms with van der Waals surface area (Å²) in [5.41, 5.74) is 5.16. The molecule has 14 heavy (non-hydrogen) atoms. The highest BCUT2D eigenvalue weighted by molar-refractivity contribution is 5.25. The Morgan fingerprint density at radius 1 is 1.57 bits per heavy atom. The predicted octanol–water partition coefficient (Wildman–Crippen LogP) is -0.560. The lowest BCUT2D eigenvalue weighted by Gasteiger charge is -2.21. The zero-order valence-electron chi connectivity index (χ0n) is 7.53. The molecule has 1 unspecified atom stereocenters. The molecular weight excluding hydrogens is 186 g/mol. The second-order valence-corrected chi connectivity index (χ2v) is 2.99. The second kappa shape index (κ2) is 3.77. The molecule has 0 bridgehead atoms. The van der Waals surface area contributed by atoms with Crippen molar-refractivity contribution in [2.45, 2.75) is 6.10 Å². The summed E-state index contributed by atoms with van der Waals surface area (Å²) in [6.45, 7) is 1.47. The van der Waals surface area contributed by atoms with Crippen molar-refractivity contribution < 1.29 is 9.47 Å². The number of H-pyrrole nitrogens is 1. The monoisotopic (exact) mass is 197 g/mol. The highest BCUT2D eigenvalue weighted by Crippen LogP contribution is 2.16. The first kappa shape index (κ1) is 9.17. The summed E-state index contributed by atoms with van der Waals surface area (Å²) in [5, 5.41) is 0. The van der Waals surface area contributed by atoms with Crippen LogP contribution in [0.3, 0.4) is 0 Å². The Bertz CT molecular complexity index is 370. The van der Waals surface area contributed by atoms with Gasteiger partial charge in [-0.1, -0.05) is 0 Å². The van der Waals surface area contributed by atoms with Gasteiger partial charge < -0.3 is 20.2 Å². The van der Waals surface area contributed by atoms with Crippen molar-refractivity contribution in [2.24, 2.45) is 0 Å². The van der Waals surface area contributed by atoms with E-state index in [-0.39, 0.29) is 17.5 Å². The number of nitrogen functional groups attached to an aromatic ring is 1. The molecule has 3 N–H and O–H groups in total. The van der Waals surface area contributed by atoms with Crippen molar-refractivity contribution in [1.82, 2.24) is 9.97 Å². The van der Waals surface area contributed by atoms with E-state index in [2.05, 4.69) is 9.97 Å². The number of aromatic nitrogens is 2. The van der Waals surface area contributed by atoms with E-state index in [0.29, 0.717) is 25.6 Å². The molecule has 1 aliphatic heterocycles. The van der Waals surface area contributed by atoms with Crippen LogP contribution in [-0.4, -0.2) is 29.8 Å². The van der Waals surface area contributed by atoms with Crippen molar-refractivity contribution in [1.29, 1.82) is 0 Å². The molecule has 1 saturated heterocycles. The third kappa shape index (κ3) is 1.91. The van der Waals surface area contributed by atoms with Crippen LogP contribution in [0.15, 0.2) is 10.9 Å². The van der Waals surface area contributed by atoms with Crippen LogP contribution < -0.4 is 11.3 Å². The molecule has 1 aromatic rings. The smallest absolute Gasteiger partial charge is 0.253 e. The van der Waals surface area contributed by atoms with Gasteiger partial charge >= 0.3 is 0 Å². The number of ether oxygens (including phenoxy) is 2. The third-order valence-electron chi connectivity index (χ3n) is 1.90. The fourth-order valence-electron chi connectivity index (χ4n) is 1.29. The fourth-order valence-corrected chi connectivity index (χ4v) is 1.29. The first-order valence-corrected chi connectivity index (χ1v) is 4.32. The minimum atomic E-state index is -0.319. The third-order valence-corrected chi connectivity index (χ3v) is 1.90. The van der Waals surface area contributed by atoms with Crippen molar-refractivity contribution in [3.05, 3.63) is 22.2 Å². The Morgan fingerprint density at radius 3 is 3.07 bits per heavy atom. The lowest BCUT2D eigenvalue weighted by molar-refractivity contribution is -0.0935. The van der Waals surface area contributed by atoms with Gasteiger partial charge in [0.1, 0.15) is 17.7 Å². The van der Waals surface area contributed by atoms with Crippen LogP contribution in [-0.2, 0) is 9.47 Å². The van der Waals surface area contributed by atoms with E-state index < -0.39 is 0 Å². The highest BCUT2D eigenvalue weighted by Gasteiger charge is 2.19. The second-order valence-electron chi connectivity index (χ2n) is 2.99. The molecule has 0 radical (unpaired) electrons. The van der Waals surface area contributed by atoms with Crippen LogP contribution in [0.2, 0.25) is 0 Å². The lowest BCUT2D eigenvalue weighted by Crippen LogP contribution is -2.26. The SMILES string of the molecule is Nc1cc(=O)[nH]c(C2COCCO2)n1. The number of rotatable bonds is 1. The molecular formula is C8H11N3O3. The average Bonchev–Trinajstić information content (AvgIpc) is 2.18. The quantitative estimate of drug-likeness (QED) is 0.629. The Kier molecular flexibility index (Phi) is 2.47. The molecule has 0 aromatic carbocycles. The number of nitrogens with two attached hydrogens (primary N) is 1. The molecule has 1 aromatic heterocycles. The number of nitrogens with one attached hydrogen (secondary N) is 1. The van der Waals surface area contributed by atoms with Gasteiger partial charge in [-0.15, -0.1) is 0 Å². The van der Waals surface area contributed by atoms with E-state index in [1.165, 1.54) is 6.07 Å². The fraction of sp³-hybridized carbons (Fsp3) is 0.500. The van der Waals surface area contributed by atoms with Crippen molar-refractivity contribution in [3.8, 4) is 0 Å². The van der Waals surface area contributed by atoms with Gasteiger partial charge in [0.2, 0.25) is 0 Å². The van der Waals surface area contributed by atoms with Gasteiger partial charge in [0.15, 0.2) is 0 Å². The van der Waals surface area contributed by atoms with E-state index in [1.807, 2.05) is 0 Å². The van der Waals surface area contributed by atoms with Crippen LogP contribution in [0.25, 0.3) is 0 Å². The van der Waals surface area contributed by atoms with Crippen molar-refractivity contribution in [3.63, 3.8) is 0 Å². The minimum absolute atomic E-state index is 0.193. The Hall–Kier alpha value is -1.40. The van der Waals surface area contributed by atoms with Crippen molar-refractivity contribution >= 4 is 5.82 Å². The van der Waals surface area contributed by atoms with Crippen LogP contribution in [0.1, 0.15) is 11.9 Å². The maximum atomic E-state index is 11.1. The molecule has 1 fully saturated rings. The summed E-state index contributed by atoms with van der Waals surface area (Å²) >= 11 is 0. The summed E-state index contributed by atoms with van der Waals surface area (Å²) < 4.78 is 10.5. The zero-order valence-corrected chi connectivity index (χ0v) is 7.53. The van der Waals surface area contributed by atoms with E-state index in [1.54, 1.807) is 0 Å². The van der Waals surface area contributed by atoms with Gasteiger partial charge in [-0.05, 0) is 0 Å². The first-order valence-electron chi connectivity index (χ1n) is 4.32. The summed E-state index contributed by atoms with van der Waals surface area (Å²) in [6.07, 6.45) is -0.319. The van der Waals surface area contributed by atoms with Crippen LogP contribution in [0.4, 0.5) is 5.82 Å². The maximum Gasteiger partial charge on any atom is 0.253 e. The number of anilines is 1. The van der Waals surface area contributed by atoms with E-state index in [0.717, 1.165) is 0 Å². The minimum Gasteiger partial charge on any atom is -0.383 e. The molecule has 1 aliphatic rings. The maximum absolute atomic E-state index is 11.1. The summed E-state index contributed by atoms with van der Waals surface area (Å²) in [6, 6.07) is 1.23. The number of aromatic amines is 1. The van der Waals surface area contributed by atoms with Gasteiger partial charge in [0.25, 0.3) is 5.56 Å². The number of hydrogen-bond donors (Lipinski definition) is 2. The molecule has 6 heteroatoms. The van der Waals surface area contributed by atoms with Crippen LogP contribution in [0, 0.1) is 0 Å². The molecule has 1 atom stereocenters. The molecule has 6 nitrogen and oxygen atoms in total. The molecule has 0 saturated carbocycles. The predicted molar refractivity (Wildman–Crippen MR) is 48.8 cm³/mol.